The molecule has 98 valence electrons. The fourth-order valence-electron chi connectivity index (χ4n) is 2.32. The van der Waals surface area contributed by atoms with Crippen molar-refractivity contribution in [2.24, 2.45) is 5.73 Å². The minimum Gasteiger partial charge on any atom is -0.337 e. The van der Waals surface area contributed by atoms with Crippen LogP contribution in [-0.2, 0) is 11.3 Å². The van der Waals surface area contributed by atoms with Crippen molar-refractivity contribution >= 4 is 5.91 Å². The van der Waals surface area contributed by atoms with Crippen LogP contribution in [0.5, 0.6) is 0 Å². The van der Waals surface area contributed by atoms with E-state index in [9.17, 15) is 4.79 Å². The van der Waals surface area contributed by atoms with Gasteiger partial charge in [0.2, 0.25) is 5.91 Å². The number of amides is 1. The smallest absolute Gasteiger partial charge is 0.241 e. The summed E-state index contributed by atoms with van der Waals surface area (Å²) >= 11 is 0. The average Bonchev–Trinajstić information content (AvgIpc) is 2.51. The molecule has 1 unspecified atom stereocenters. The van der Waals surface area contributed by atoms with Gasteiger partial charge in [-0.05, 0) is 31.2 Å². The number of aromatic nitrogens is 1. The highest BCUT2D eigenvalue weighted by Gasteiger charge is 2.29. The quantitative estimate of drug-likeness (QED) is 0.822. The first-order chi connectivity index (χ1) is 8.72. The number of hydrogen-bond acceptors (Lipinski definition) is 4. The van der Waals surface area contributed by atoms with E-state index in [1.165, 1.54) is 0 Å². The molecule has 0 saturated carbocycles. The maximum atomic E-state index is 12.4. The summed E-state index contributed by atoms with van der Waals surface area (Å²) in [6.45, 7) is 2.73. The topological polar surface area (TPSA) is 62.5 Å². The van der Waals surface area contributed by atoms with E-state index in [1.54, 1.807) is 12.4 Å². The minimum absolute atomic E-state index is 0.134. The Kier molecular flexibility index (Phi) is 4.28. The van der Waals surface area contributed by atoms with Crippen molar-refractivity contribution in [2.75, 3.05) is 26.7 Å². The summed E-state index contributed by atoms with van der Waals surface area (Å²) in [5.74, 6) is 0.134. The van der Waals surface area contributed by atoms with Crippen LogP contribution in [0.25, 0.3) is 0 Å². The van der Waals surface area contributed by atoms with Crippen molar-refractivity contribution in [3.63, 3.8) is 0 Å². The molecule has 0 radical (unpaired) electrons. The largest absolute Gasteiger partial charge is 0.337 e. The molecule has 18 heavy (non-hydrogen) atoms. The predicted molar refractivity (Wildman–Crippen MR) is 69.7 cm³/mol. The van der Waals surface area contributed by atoms with Crippen molar-refractivity contribution in [3.8, 4) is 0 Å². The number of nitrogens with two attached hydrogens (primary N) is 1. The van der Waals surface area contributed by atoms with E-state index in [-0.39, 0.29) is 11.9 Å². The molecule has 0 aromatic carbocycles. The van der Waals surface area contributed by atoms with Gasteiger partial charge < -0.3 is 10.6 Å². The molecule has 1 aliphatic rings. The van der Waals surface area contributed by atoms with E-state index in [0.717, 1.165) is 25.1 Å². The Morgan fingerprint density at radius 2 is 2.11 bits per heavy atom. The number of pyridine rings is 1. The van der Waals surface area contributed by atoms with Gasteiger partial charge in [0, 0.05) is 38.6 Å². The molecule has 2 rings (SSSR count). The molecule has 2 heterocycles. The molecule has 1 aromatic rings. The first kappa shape index (κ1) is 13.0. The van der Waals surface area contributed by atoms with Gasteiger partial charge >= 0.3 is 0 Å². The second-order valence-corrected chi connectivity index (χ2v) is 4.70. The van der Waals surface area contributed by atoms with Crippen LogP contribution in [0, 0.1) is 0 Å². The number of likely N-dealkylation sites (N-methyl/N-ethyl adjacent to an activating group) is 1. The second kappa shape index (κ2) is 5.93. The van der Waals surface area contributed by atoms with Crippen molar-refractivity contribution < 1.29 is 4.79 Å². The summed E-state index contributed by atoms with van der Waals surface area (Å²) in [5, 5.41) is 0. The van der Waals surface area contributed by atoms with Crippen molar-refractivity contribution in [3.05, 3.63) is 30.1 Å². The van der Waals surface area contributed by atoms with Crippen LogP contribution in [0.2, 0.25) is 0 Å². The third-order valence-electron chi connectivity index (χ3n) is 3.41. The molecule has 0 aliphatic carbocycles. The SMILES string of the molecule is CN1CCCN(Cc2ccncc2)C(=O)C1CN. The number of carbonyl (C=O) groups is 1. The molecule has 0 spiro atoms. The van der Waals surface area contributed by atoms with Gasteiger partial charge in [0.1, 0.15) is 6.04 Å². The molecule has 1 saturated heterocycles. The fourth-order valence-corrected chi connectivity index (χ4v) is 2.32. The molecule has 1 fully saturated rings. The fraction of sp³-hybridized carbons (Fsp3) is 0.538. The Morgan fingerprint density at radius 3 is 2.78 bits per heavy atom. The Bertz CT molecular complexity index is 395. The molecule has 1 aromatic heterocycles. The summed E-state index contributed by atoms with van der Waals surface area (Å²) in [6, 6.07) is 3.70. The lowest BCUT2D eigenvalue weighted by Crippen LogP contribution is -2.48. The van der Waals surface area contributed by atoms with Gasteiger partial charge in [0.05, 0.1) is 0 Å². The lowest BCUT2D eigenvalue weighted by atomic mass is 10.2. The molecule has 1 atom stereocenters. The summed E-state index contributed by atoms with van der Waals surface area (Å²) in [4.78, 5) is 20.3. The summed E-state index contributed by atoms with van der Waals surface area (Å²) in [6.07, 6.45) is 4.50. The Balaban J connectivity index is 2.10. The van der Waals surface area contributed by atoms with Crippen LogP contribution in [0.3, 0.4) is 0 Å². The Morgan fingerprint density at radius 1 is 1.39 bits per heavy atom. The number of hydrogen-bond donors (Lipinski definition) is 1. The molecule has 5 heteroatoms. The van der Waals surface area contributed by atoms with Crippen LogP contribution >= 0.6 is 0 Å². The van der Waals surface area contributed by atoms with Crippen molar-refractivity contribution in [1.29, 1.82) is 0 Å². The molecule has 5 nitrogen and oxygen atoms in total. The summed E-state index contributed by atoms with van der Waals surface area (Å²) < 4.78 is 0. The van der Waals surface area contributed by atoms with Gasteiger partial charge in [0.15, 0.2) is 0 Å². The molecule has 1 amide bonds. The molecular weight excluding hydrogens is 228 g/mol. The summed E-state index contributed by atoms with van der Waals surface area (Å²) in [7, 11) is 1.96. The van der Waals surface area contributed by atoms with E-state index >= 15 is 0 Å². The first-order valence-electron chi connectivity index (χ1n) is 6.30. The van der Waals surface area contributed by atoms with Crippen LogP contribution in [-0.4, -0.2) is 53.4 Å². The standard InChI is InChI=1S/C13H20N4O/c1-16-7-2-8-17(13(18)12(16)9-14)10-11-3-5-15-6-4-11/h3-6,12H,2,7-10,14H2,1H3. The Hall–Kier alpha value is -1.46. The van der Waals surface area contributed by atoms with Gasteiger partial charge in [-0.3, -0.25) is 14.7 Å². The van der Waals surface area contributed by atoms with Gasteiger partial charge in [-0.2, -0.15) is 0 Å². The lowest BCUT2D eigenvalue weighted by molar-refractivity contribution is -0.135. The zero-order valence-electron chi connectivity index (χ0n) is 10.7. The number of rotatable bonds is 3. The molecule has 0 bridgehead atoms. The maximum Gasteiger partial charge on any atom is 0.241 e. The van der Waals surface area contributed by atoms with E-state index in [2.05, 4.69) is 9.88 Å². The van der Waals surface area contributed by atoms with E-state index in [1.807, 2.05) is 24.1 Å². The van der Waals surface area contributed by atoms with Crippen LogP contribution in [0.4, 0.5) is 0 Å². The highest BCUT2D eigenvalue weighted by Crippen LogP contribution is 2.12. The van der Waals surface area contributed by atoms with Crippen molar-refractivity contribution in [2.45, 2.75) is 19.0 Å². The van der Waals surface area contributed by atoms with Crippen LogP contribution in [0.15, 0.2) is 24.5 Å². The zero-order chi connectivity index (χ0) is 13.0. The molecular formula is C13H20N4O. The van der Waals surface area contributed by atoms with Gasteiger partial charge in [-0.15, -0.1) is 0 Å². The highest BCUT2D eigenvalue weighted by atomic mass is 16.2. The van der Waals surface area contributed by atoms with Gasteiger partial charge in [-0.25, -0.2) is 0 Å². The summed E-state index contributed by atoms with van der Waals surface area (Å²) in [5.41, 5.74) is 6.82. The maximum absolute atomic E-state index is 12.4. The second-order valence-electron chi connectivity index (χ2n) is 4.70. The third kappa shape index (κ3) is 2.86. The average molecular weight is 248 g/mol. The van der Waals surface area contributed by atoms with Crippen molar-refractivity contribution in [1.82, 2.24) is 14.8 Å². The highest BCUT2D eigenvalue weighted by molar-refractivity contribution is 5.82. The Labute approximate surface area is 108 Å². The van der Waals surface area contributed by atoms with Gasteiger partial charge in [-0.1, -0.05) is 0 Å². The van der Waals surface area contributed by atoms with Crippen LogP contribution < -0.4 is 5.73 Å². The molecule has 1 aliphatic heterocycles. The number of carbonyl (C=O) groups excluding carboxylic acids is 1. The first-order valence-corrected chi connectivity index (χ1v) is 6.30. The molecule has 2 N–H and O–H groups in total. The lowest BCUT2D eigenvalue weighted by Gasteiger charge is -2.27. The zero-order valence-corrected chi connectivity index (χ0v) is 10.7. The van der Waals surface area contributed by atoms with E-state index in [4.69, 9.17) is 5.73 Å². The van der Waals surface area contributed by atoms with E-state index < -0.39 is 0 Å². The number of nitrogens with zero attached hydrogens (tertiary/aromatic N) is 3. The van der Waals surface area contributed by atoms with E-state index in [0.29, 0.717) is 13.1 Å². The normalized spacial score (nSPS) is 22.0. The predicted octanol–water partition coefficient (Wildman–Crippen LogP) is 0.0730. The minimum atomic E-state index is -0.186. The van der Waals surface area contributed by atoms with Gasteiger partial charge in [0.25, 0.3) is 0 Å². The van der Waals surface area contributed by atoms with Crippen LogP contribution in [0.1, 0.15) is 12.0 Å². The third-order valence-corrected chi connectivity index (χ3v) is 3.41. The monoisotopic (exact) mass is 248 g/mol.